The average Bonchev–Trinajstić information content (AvgIpc) is 3.92. The van der Waals surface area contributed by atoms with Crippen LogP contribution in [0.5, 0.6) is 23.0 Å². The molecule has 0 aliphatic carbocycles. The molecule has 1 aliphatic heterocycles. The lowest BCUT2D eigenvalue weighted by Gasteiger charge is -2.12. The summed E-state index contributed by atoms with van der Waals surface area (Å²) in [5, 5.41) is 4.39. The minimum Gasteiger partial charge on any atom is -0.457 e. The fraction of sp³-hybridized carbons (Fsp3) is 0. The largest absolute Gasteiger partial charge is 0.457 e. The number of fused-ring (bicyclic) bond motifs is 9. The fourth-order valence-corrected chi connectivity index (χ4v) is 8.86. The van der Waals surface area contributed by atoms with Gasteiger partial charge in [-0.1, -0.05) is 71.6 Å². The molecule has 6 aromatic carbocycles. The SMILES string of the molecule is c1ccc(B2c3ccccc3-c3ccc(Oc4ccc5c6ccc(Oc7ccc8c9ccccc9n(-c9ccccn9)c8c7)cc6n(-c6ncccn6)c5c4)cc32)nc1. The molecule has 0 N–H and O–H groups in total. The van der Waals surface area contributed by atoms with Gasteiger partial charge in [0, 0.05) is 70.1 Å². The van der Waals surface area contributed by atoms with E-state index < -0.39 is 0 Å². The highest BCUT2D eigenvalue weighted by Crippen LogP contribution is 2.39. The summed E-state index contributed by atoms with van der Waals surface area (Å²) < 4.78 is 17.6. The lowest BCUT2D eigenvalue weighted by molar-refractivity contribution is 0.484. The predicted molar refractivity (Wildman–Crippen MR) is 236 cm³/mol. The second kappa shape index (κ2) is 13.3. The zero-order valence-corrected chi connectivity index (χ0v) is 31.5. The van der Waals surface area contributed by atoms with Crippen molar-refractivity contribution in [3.05, 3.63) is 189 Å². The third-order valence-electron chi connectivity index (χ3n) is 11.3. The molecule has 59 heavy (non-hydrogen) atoms. The van der Waals surface area contributed by atoms with Crippen LogP contribution < -0.4 is 26.0 Å². The molecule has 0 unspecified atom stereocenters. The Bertz CT molecular complexity index is 3410. The summed E-state index contributed by atoms with van der Waals surface area (Å²) in [6.07, 6.45) is 7.20. The smallest absolute Gasteiger partial charge is 0.266 e. The van der Waals surface area contributed by atoms with E-state index in [0.717, 1.165) is 60.8 Å². The van der Waals surface area contributed by atoms with Crippen molar-refractivity contribution in [1.29, 1.82) is 0 Å². The first-order chi connectivity index (χ1) is 29.2. The van der Waals surface area contributed by atoms with Crippen LogP contribution >= 0.6 is 0 Å². The number of ether oxygens (including phenoxy) is 2. The molecule has 0 atom stereocenters. The van der Waals surface area contributed by atoms with Crippen LogP contribution in [0.25, 0.3) is 66.5 Å². The van der Waals surface area contributed by atoms with E-state index in [4.69, 9.17) is 29.4 Å². The first-order valence-corrected chi connectivity index (χ1v) is 19.6. The maximum Gasteiger partial charge on any atom is 0.266 e. The molecule has 11 aromatic rings. The number of benzene rings is 6. The average molecular weight is 759 g/mol. The van der Waals surface area contributed by atoms with Crippen LogP contribution in [0.15, 0.2) is 189 Å². The lowest BCUT2D eigenvalue weighted by Crippen LogP contribution is -2.50. The van der Waals surface area contributed by atoms with Gasteiger partial charge < -0.3 is 9.47 Å². The number of nitrogens with zero attached hydrogens (tertiary/aromatic N) is 6. The van der Waals surface area contributed by atoms with Gasteiger partial charge in [-0.05, 0) is 96.1 Å². The van der Waals surface area contributed by atoms with E-state index in [9.17, 15) is 0 Å². The molecule has 12 rings (SSSR count). The van der Waals surface area contributed by atoms with Gasteiger partial charge in [-0.25, -0.2) is 15.0 Å². The molecule has 1 aliphatic rings. The van der Waals surface area contributed by atoms with E-state index in [2.05, 4.69) is 112 Å². The Labute approximate surface area is 338 Å². The zero-order chi connectivity index (χ0) is 38.9. The maximum atomic E-state index is 6.68. The summed E-state index contributed by atoms with van der Waals surface area (Å²) in [5.74, 6) is 4.27. The van der Waals surface area contributed by atoms with Gasteiger partial charge in [0.25, 0.3) is 6.71 Å². The number of para-hydroxylation sites is 1. The number of hydrogen-bond donors (Lipinski definition) is 0. The first kappa shape index (κ1) is 33.1. The minimum absolute atomic E-state index is 0.0236. The number of hydrogen-bond acceptors (Lipinski definition) is 6. The van der Waals surface area contributed by atoms with Crippen molar-refractivity contribution < 1.29 is 9.47 Å². The van der Waals surface area contributed by atoms with Gasteiger partial charge in [0.05, 0.1) is 22.1 Å². The molecule has 0 radical (unpaired) electrons. The highest BCUT2D eigenvalue weighted by Gasteiger charge is 2.34. The van der Waals surface area contributed by atoms with Gasteiger partial charge >= 0.3 is 0 Å². The summed E-state index contributed by atoms with van der Waals surface area (Å²) in [6, 6.07) is 55.9. The van der Waals surface area contributed by atoms with E-state index in [-0.39, 0.29) is 6.71 Å². The summed E-state index contributed by atoms with van der Waals surface area (Å²) in [5.41, 5.74) is 9.82. The summed E-state index contributed by atoms with van der Waals surface area (Å²) in [7, 11) is 0. The Morgan fingerprint density at radius 1 is 0.373 bits per heavy atom. The van der Waals surface area contributed by atoms with Crippen LogP contribution in [0, 0.1) is 0 Å². The highest BCUT2D eigenvalue weighted by atomic mass is 16.5. The molecule has 6 heterocycles. The molecule has 5 aromatic heterocycles. The Hall–Kier alpha value is -8.04. The van der Waals surface area contributed by atoms with Crippen LogP contribution in [-0.2, 0) is 0 Å². The molecular weight excluding hydrogens is 727 g/mol. The molecular formula is C50H31BN6O2. The highest BCUT2D eigenvalue weighted by molar-refractivity contribution is 6.98. The molecule has 276 valence electrons. The number of pyridine rings is 2. The van der Waals surface area contributed by atoms with E-state index in [1.165, 1.54) is 22.1 Å². The minimum atomic E-state index is 0.0236. The van der Waals surface area contributed by atoms with Crippen LogP contribution in [0.1, 0.15) is 0 Å². The summed E-state index contributed by atoms with van der Waals surface area (Å²) >= 11 is 0. The monoisotopic (exact) mass is 758 g/mol. The van der Waals surface area contributed by atoms with Crippen molar-refractivity contribution in [2.75, 3.05) is 0 Å². The Morgan fingerprint density at radius 2 is 0.915 bits per heavy atom. The van der Waals surface area contributed by atoms with Crippen LogP contribution in [0.4, 0.5) is 0 Å². The summed E-state index contributed by atoms with van der Waals surface area (Å²) in [6.45, 7) is 0.0236. The normalized spacial score (nSPS) is 12.0. The Morgan fingerprint density at radius 3 is 1.59 bits per heavy atom. The topological polar surface area (TPSA) is 79.9 Å². The van der Waals surface area contributed by atoms with E-state index in [0.29, 0.717) is 23.2 Å². The maximum absolute atomic E-state index is 6.68. The van der Waals surface area contributed by atoms with Crippen molar-refractivity contribution in [2.24, 2.45) is 0 Å². The van der Waals surface area contributed by atoms with E-state index >= 15 is 0 Å². The Balaban J connectivity index is 0.936. The molecule has 0 saturated carbocycles. The molecule has 0 fully saturated rings. The molecule has 0 amide bonds. The molecule has 8 nitrogen and oxygen atoms in total. The predicted octanol–water partition coefficient (Wildman–Crippen LogP) is 9.54. The van der Waals surface area contributed by atoms with Crippen LogP contribution in [-0.4, -0.2) is 35.8 Å². The fourth-order valence-electron chi connectivity index (χ4n) is 8.86. The third kappa shape index (κ3) is 5.40. The first-order valence-electron chi connectivity index (χ1n) is 19.6. The quantitative estimate of drug-likeness (QED) is 0.151. The zero-order valence-electron chi connectivity index (χ0n) is 31.5. The Kier molecular flexibility index (Phi) is 7.46. The van der Waals surface area contributed by atoms with Crippen molar-refractivity contribution >= 4 is 66.8 Å². The van der Waals surface area contributed by atoms with Crippen molar-refractivity contribution in [1.82, 2.24) is 29.1 Å². The van der Waals surface area contributed by atoms with E-state index in [1.807, 2.05) is 73.1 Å². The lowest BCUT2D eigenvalue weighted by atomic mass is 9.40. The van der Waals surface area contributed by atoms with Gasteiger partial charge in [0.1, 0.15) is 28.8 Å². The molecule has 0 spiro atoms. The standard InChI is InChI=1S/C50H31BN6O2/c1-3-12-42-36(10-1)37-20-16-32(28-43(37)51(42)48-14-5-7-24-52-48)58-34-18-22-40-41-23-19-35(31-47(41)57(46(40)30-34)50-54-26-9-27-55-50)59-33-17-21-39-38-11-2-4-13-44(38)56(45(39)29-33)49-15-6-8-25-53-49/h1-31H. The van der Waals surface area contributed by atoms with Gasteiger partial charge in [0.2, 0.25) is 5.95 Å². The van der Waals surface area contributed by atoms with Gasteiger partial charge in [-0.15, -0.1) is 0 Å². The van der Waals surface area contributed by atoms with Crippen LogP contribution in [0.2, 0.25) is 0 Å². The van der Waals surface area contributed by atoms with Crippen molar-refractivity contribution in [3.63, 3.8) is 0 Å². The number of aromatic nitrogens is 6. The van der Waals surface area contributed by atoms with Gasteiger partial charge in [-0.2, -0.15) is 0 Å². The van der Waals surface area contributed by atoms with Crippen molar-refractivity contribution in [2.45, 2.75) is 0 Å². The third-order valence-corrected chi connectivity index (χ3v) is 11.3. The van der Waals surface area contributed by atoms with Crippen LogP contribution in [0.3, 0.4) is 0 Å². The van der Waals surface area contributed by atoms with Gasteiger partial charge in [0.15, 0.2) is 0 Å². The van der Waals surface area contributed by atoms with Crippen molar-refractivity contribution in [3.8, 4) is 45.9 Å². The second-order valence-corrected chi connectivity index (χ2v) is 14.7. The molecule has 0 saturated heterocycles. The molecule has 9 heteroatoms. The molecule has 0 bridgehead atoms. The summed E-state index contributed by atoms with van der Waals surface area (Å²) in [4.78, 5) is 18.8. The second-order valence-electron chi connectivity index (χ2n) is 14.7. The van der Waals surface area contributed by atoms with Gasteiger partial charge in [-0.3, -0.25) is 14.1 Å². The van der Waals surface area contributed by atoms with E-state index in [1.54, 1.807) is 12.4 Å². The number of rotatable bonds is 7.